The fraction of sp³-hybridized carbons (Fsp3) is 0.583. The Hall–Kier alpha value is -1.65. The van der Waals surface area contributed by atoms with E-state index in [0.29, 0.717) is 5.56 Å². The Kier molecular flexibility index (Phi) is 3.56. The molecule has 0 unspecified atom stereocenters. The summed E-state index contributed by atoms with van der Waals surface area (Å²) in [7, 11) is 0. The molecule has 1 heterocycles. The van der Waals surface area contributed by atoms with E-state index in [1.165, 1.54) is 12.6 Å². The van der Waals surface area contributed by atoms with Crippen LogP contribution in [0.15, 0.2) is 11.0 Å². The molecule has 1 aromatic heterocycles. The number of aromatic amines is 1. The van der Waals surface area contributed by atoms with Crippen molar-refractivity contribution < 1.29 is 9.90 Å². The van der Waals surface area contributed by atoms with Crippen molar-refractivity contribution in [2.75, 3.05) is 0 Å². The number of hydrogen-bond donors (Lipinski definition) is 2. The highest BCUT2D eigenvalue weighted by Gasteiger charge is 2.20. The predicted octanol–water partition coefficient (Wildman–Crippen LogP) is 1.44. The molecule has 5 heteroatoms. The number of rotatable bonds is 3. The van der Waals surface area contributed by atoms with Crippen molar-refractivity contribution in [1.29, 1.82) is 0 Å². The van der Waals surface area contributed by atoms with Crippen LogP contribution in [0.5, 0.6) is 0 Å². The first-order valence-corrected chi connectivity index (χ1v) is 5.96. The molecule has 92 valence electrons. The molecule has 0 spiro atoms. The number of aromatic nitrogens is 2. The van der Waals surface area contributed by atoms with Crippen LogP contribution in [-0.4, -0.2) is 21.0 Å². The van der Waals surface area contributed by atoms with Gasteiger partial charge >= 0.3 is 11.7 Å². The minimum Gasteiger partial charge on any atom is -0.481 e. The van der Waals surface area contributed by atoms with E-state index in [-0.39, 0.29) is 18.0 Å². The second kappa shape index (κ2) is 5.12. The monoisotopic (exact) mass is 236 g/mol. The lowest BCUT2D eigenvalue weighted by Gasteiger charge is -2.23. The quantitative estimate of drug-likeness (QED) is 0.831. The third kappa shape index (κ3) is 2.93. The van der Waals surface area contributed by atoms with E-state index in [4.69, 9.17) is 5.11 Å². The van der Waals surface area contributed by atoms with E-state index in [2.05, 4.69) is 9.97 Å². The third-order valence-corrected chi connectivity index (χ3v) is 3.28. The summed E-state index contributed by atoms with van der Waals surface area (Å²) in [5.74, 6) is -0.607. The summed E-state index contributed by atoms with van der Waals surface area (Å²) in [4.78, 5) is 28.4. The number of carboxylic acids is 1. The molecule has 1 aliphatic carbocycles. The van der Waals surface area contributed by atoms with Gasteiger partial charge in [-0.2, -0.15) is 0 Å². The normalized spacial score (nSPS) is 16.9. The molecule has 0 radical (unpaired) electrons. The van der Waals surface area contributed by atoms with E-state index in [1.807, 2.05) is 0 Å². The average molecular weight is 236 g/mol. The number of nitrogens with one attached hydrogen (secondary N) is 1. The van der Waals surface area contributed by atoms with Crippen molar-refractivity contribution in [1.82, 2.24) is 9.97 Å². The molecule has 1 saturated carbocycles. The molecule has 0 aliphatic heterocycles. The minimum absolute atomic E-state index is 0.0738. The highest BCUT2D eigenvalue weighted by molar-refractivity contribution is 5.70. The van der Waals surface area contributed by atoms with Crippen LogP contribution >= 0.6 is 0 Å². The summed E-state index contributed by atoms with van der Waals surface area (Å²) >= 11 is 0. The number of aliphatic carboxylic acids is 1. The first-order chi connectivity index (χ1) is 8.16. The summed E-state index contributed by atoms with van der Waals surface area (Å²) in [6.45, 7) is 0. The second-order valence-corrected chi connectivity index (χ2v) is 4.53. The molecule has 0 saturated heterocycles. The van der Waals surface area contributed by atoms with Gasteiger partial charge < -0.3 is 10.1 Å². The van der Waals surface area contributed by atoms with Crippen molar-refractivity contribution in [3.8, 4) is 0 Å². The van der Waals surface area contributed by atoms with Crippen LogP contribution in [-0.2, 0) is 11.2 Å². The van der Waals surface area contributed by atoms with Crippen LogP contribution in [0.4, 0.5) is 0 Å². The van der Waals surface area contributed by atoms with Gasteiger partial charge in [-0.05, 0) is 18.8 Å². The Balaban J connectivity index is 2.31. The maximum Gasteiger partial charge on any atom is 0.345 e. The Morgan fingerprint density at radius 2 is 2.12 bits per heavy atom. The van der Waals surface area contributed by atoms with Crippen LogP contribution in [0, 0.1) is 0 Å². The summed E-state index contributed by atoms with van der Waals surface area (Å²) in [5.41, 5.74) is 1.04. The lowest BCUT2D eigenvalue weighted by atomic mass is 9.85. The van der Waals surface area contributed by atoms with E-state index in [9.17, 15) is 9.59 Å². The maximum absolute atomic E-state index is 11.3. The van der Waals surface area contributed by atoms with Gasteiger partial charge in [0, 0.05) is 17.5 Å². The van der Waals surface area contributed by atoms with Crippen molar-refractivity contribution in [2.45, 2.75) is 44.4 Å². The maximum atomic E-state index is 11.3. The van der Waals surface area contributed by atoms with E-state index < -0.39 is 5.97 Å². The van der Waals surface area contributed by atoms with Gasteiger partial charge in [0.25, 0.3) is 0 Å². The molecule has 5 nitrogen and oxygen atoms in total. The molecule has 0 bridgehead atoms. The first-order valence-electron chi connectivity index (χ1n) is 5.96. The third-order valence-electron chi connectivity index (χ3n) is 3.28. The summed E-state index contributed by atoms with van der Waals surface area (Å²) < 4.78 is 0. The van der Waals surface area contributed by atoms with E-state index >= 15 is 0 Å². The molecule has 2 N–H and O–H groups in total. The Morgan fingerprint density at radius 3 is 2.76 bits per heavy atom. The van der Waals surface area contributed by atoms with Gasteiger partial charge in [-0.3, -0.25) is 4.79 Å². The molecule has 1 aliphatic rings. The van der Waals surface area contributed by atoms with Gasteiger partial charge in [0.15, 0.2) is 0 Å². The lowest BCUT2D eigenvalue weighted by Crippen LogP contribution is -2.20. The topological polar surface area (TPSA) is 83.0 Å². The van der Waals surface area contributed by atoms with Crippen LogP contribution in [0.25, 0.3) is 0 Å². The fourth-order valence-corrected chi connectivity index (χ4v) is 2.49. The van der Waals surface area contributed by atoms with E-state index in [0.717, 1.165) is 31.4 Å². The van der Waals surface area contributed by atoms with Gasteiger partial charge in [0.05, 0.1) is 6.42 Å². The van der Waals surface area contributed by atoms with Gasteiger partial charge in [-0.1, -0.05) is 19.3 Å². The molecule has 0 aromatic carbocycles. The molecule has 0 amide bonds. The molecule has 0 atom stereocenters. The predicted molar refractivity (Wildman–Crippen MR) is 62.0 cm³/mol. The van der Waals surface area contributed by atoms with Crippen LogP contribution in [0.3, 0.4) is 0 Å². The zero-order valence-electron chi connectivity index (χ0n) is 9.61. The molecular weight excluding hydrogens is 220 g/mol. The van der Waals surface area contributed by atoms with Gasteiger partial charge in [-0.15, -0.1) is 0 Å². The van der Waals surface area contributed by atoms with Crippen molar-refractivity contribution in [3.63, 3.8) is 0 Å². The van der Waals surface area contributed by atoms with Crippen molar-refractivity contribution in [2.24, 2.45) is 0 Å². The van der Waals surface area contributed by atoms with Crippen LogP contribution in [0.1, 0.15) is 49.3 Å². The highest BCUT2D eigenvalue weighted by atomic mass is 16.4. The summed E-state index contributed by atoms with van der Waals surface area (Å²) in [6.07, 6.45) is 6.87. The smallest absolute Gasteiger partial charge is 0.345 e. The van der Waals surface area contributed by atoms with Crippen LogP contribution in [0.2, 0.25) is 0 Å². The Labute approximate surface area is 98.9 Å². The summed E-state index contributed by atoms with van der Waals surface area (Å²) in [6, 6.07) is 0. The summed E-state index contributed by atoms with van der Waals surface area (Å²) in [5, 5.41) is 8.84. The largest absolute Gasteiger partial charge is 0.481 e. The number of carbonyl (C=O) groups is 1. The minimum atomic E-state index is -0.893. The average Bonchev–Trinajstić information content (AvgIpc) is 2.32. The zero-order valence-corrected chi connectivity index (χ0v) is 9.61. The number of nitrogens with zero attached hydrogens (tertiary/aromatic N) is 1. The molecular formula is C12H16N2O3. The second-order valence-electron chi connectivity index (χ2n) is 4.53. The van der Waals surface area contributed by atoms with Crippen molar-refractivity contribution in [3.05, 3.63) is 27.9 Å². The molecule has 2 rings (SSSR count). The molecule has 1 fully saturated rings. The highest BCUT2D eigenvalue weighted by Crippen LogP contribution is 2.32. The number of carboxylic acid groups (broad SMARTS) is 1. The standard InChI is InChI=1S/C12H16N2O3/c15-10(16)6-9-7-13-12(17)14-11(9)8-4-2-1-3-5-8/h7-8H,1-6H2,(H,15,16)(H,13,14,17). The molecule has 17 heavy (non-hydrogen) atoms. The lowest BCUT2D eigenvalue weighted by molar-refractivity contribution is -0.136. The molecule has 1 aromatic rings. The Bertz CT molecular complexity index is 461. The van der Waals surface area contributed by atoms with Gasteiger partial charge in [-0.25, -0.2) is 9.78 Å². The first kappa shape index (κ1) is 11.8. The van der Waals surface area contributed by atoms with E-state index in [1.54, 1.807) is 0 Å². The van der Waals surface area contributed by atoms with Gasteiger partial charge in [0.1, 0.15) is 0 Å². The zero-order chi connectivity index (χ0) is 12.3. The Morgan fingerprint density at radius 1 is 1.41 bits per heavy atom. The van der Waals surface area contributed by atoms with Gasteiger partial charge in [0.2, 0.25) is 0 Å². The number of hydrogen-bond acceptors (Lipinski definition) is 3. The van der Waals surface area contributed by atoms with Crippen LogP contribution < -0.4 is 5.69 Å². The van der Waals surface area contributed by atoms with Crippen molar-refractivity contribution >= 4 is 5.97 Å². The SMILES string of the molecule is O=C(O)Cc1cnc(=O)[nH]c1C1CCCCC1. The fourth-order valence-electron chi connectivity index (χ4n) is 2.49. The number of H-pyrrole nitrogens is 1.